The second-order valence-corrected chi connectivity index (χ2v) is 15.6. The molecule has 0 saturated carbocycles. The first-order chi connectivity index (χ1) is 28.0. The van der Waals surface area contributed by atoms with Gasteiger partial charge >= 0.3 is 5.97 Å². The fourth-order valence-corrected chi connectivity index (χ4v) is 6.41. The molecular weight excluding hydrogens is 763 g/mol. The second-order valence-electron chi connectivity index (χ2n) is 15.6. The lowest BCUT2D eigenvalue weighted by Crippen LogP contribution is -2.60. The Hall–Kier alpha value is -5.07. The highest BCUT2D eigenvalue weighted by atomic mass is 16.4. The van der Waals surface area contributed by atoms with E-state index in [1.807, 2.05) is 20.8 Å². The van der Waals surface area contributed by atoms with Gasteiger partial charge < -0.3 is 59.3 Å². The van der Waals surface area contributed by atoms with Crippen molar-refractivity contribution in [2.75, 3.05) is 13.1 Å². The van der Waals surface area contributed by atoms with Crippen molar-refractivity contribution in [1.29, 1.82) is 0 Å². The number of carbonyl (C=O) groups excluding carboxylic acids is 6. The minimum Gasteiger partial charge on any atom is -0.508 e. The molecule has 1 aromatic carbocycles. The number of aliphatic carboxylic acids is 1. The number of phenols is 1. The van der Waals surface area contributed by atoms with Gasteiger partial charge in [-0.05, 0) is 94.0 Å². The van der Waals surface area contributed by atoms with Gasteiger partial charge in [0, 0.05) is 6.42 Å². The van der Waals surface area contributed by atoms with Crippen molar-refractivity contribution in [3.05, 3.63) is 42.0 Å². The highest BCUT2D eigenvalue weighted by Gasteiger charge is 2.35. The average molecular weight is 830 g/mol. The zero-order valence-electron chi connectivity index (χ0n) is 34.8. The maximum Gasteiger partial charge on any atom is 0.326 e. The first-order valence-corrected chi connectivity index (χ1v) is 20.6. The molecule has 1 aliphatic heterocycles. The molecule has 18 nitrogen and oxygen atoms in total. The number of nitrogens with one attached hydrogen (secondary N) is 6. The monoisotopic (exact) mass is 830 g/mol. The molecule has 330 valence electrons. The van der Waals surface area contributed by atoms with Gasteiger partial charge in [0.2, 0.25) is 35.4 Å². The Bertz CT molecular complexity index is 1570. The number of rotatable bonds is 23. The summed E-state index contributed by atoms with van der Waals surface area (Å²) in [6.07, 6.45) is 6.58. The summed E-state index contributed by atoms with van der Waals surface area (Å²) < 4.78 is 0. The molecule has 0 unspecified atom stereocenters. The molecule has 0 spiro atoms. The van der Waals surface area contributed by atoms with Gasteiger partial charge in [0.25, 0.3) is 0 Å². The molecule has 6 amide bonds. The Morgan fingerprint density at radius 2 is 1.46 bits per heavy atom. The number of nitrogens with two attached hydrogens (primary N) is 3. The number of phenolic OH excluding ortho intramolecular Hbond substituents is 1. The van der Waals surface area contributed by atoms with Gasteiger partial charge in [0.1, 0.15) is 42.0 Å². The van der Waals surface area contributed by atoms with Crippen LogP contribution in [0.3, 0.4) is 0 Å². The van der Waals surface area contributed by atoms with Crippen LogP contribution in [0.5, 0.6) is 5.75 Å². The van der Waals surface area contributed by atoms with Gasteiger partial charge in [0.05, 0.1) is 6.04 Å². The predicted octanol–water partition coefficient (Wildman–Crippen LogP) is -0.0444. The van der Waals surface area contributed by atoms with E-state index in [1.165, 1.54) is 12.1 Å². The van der Waals surface area contributed by atoms with E-state index in [4.69, 9.17) is 17.2 Å². The summed E-state index contributed by atoms with van der Waals surface area (Å²) in [5, 5.41) is 35.8. The van der Waals surface area contributed by atoms with Crippen LogP contribution in [0, 0.1) is 11.8 Å². The Labute approximate surface area is 347 Å². The number of hydrogen-bond acceptors (Lipinski definition) is 11. The van der Waals surface area contributed by atoms with Crippen molar-refractivity contribution in [3.8, 4) is 5.75 Å². The van der Waals surface area contributed by atoms with Crippen molar-refractivity contribution >= 4 is 41.4 Å². The summed E-state index contributed by atoms with van der Waals surface area (Å²) >= 11 is 0. The topological polar surface area (TPSA) is 310 Å². The number of aromatic hydroxyl groups is 1. The number of unbranched alkanes of at least 4 members (excludes halogenated alkanes) is 2. The molecule has 8 atom stereocenters. The van der Waals surface area contributed by atoms with Crippen LogP contribution in [0.25, 0.3) is 0 Å². The summed E-state index contributed by atoms with van der Waals surface area (Å²) in [4.78, 5) is 93.9. The van der Waals surface area contributed by atoms with Crippen molar-refractivity contribution in [2.45, 2.75) is 141 Å². The van der Waals surface area contributed by atoms with Gasteiger partial charge in [-0.15, -0.1) is 0 Å². The molecule has 0 saturated heterocycles. The number of carbonyl (C=O) groups is 7. The molecule has 0 aromatic heterocycles. The lowest BCUT2D eigenvalue weighted by Gasteiger charge is -2.29. The van der Waals surface area contributed by atoms with Gasteiger partial charge in [-0.25, -0.2) is 4.79 Å². The molecule has 2 rings (SSSR count). The quantitative estimate of drug-likeness (QED) is 0.0512. The summed E-state index contributed by atoms with van der Waals surface area (Å²) in [6.45, 7) is 8.00. The van der Waals surface area contributed by atoms with Crippen LogP contribution in [-0.2, 0) is 40.0 Å². The molecule has 0 aliphatic carbocycles. The Balaban J connectivity index is 2.43. The standard InChI is InChI=1S/C41H67N9O9/c1-5-25(4)34(40(57)49-33(41(58)59)22-24(2)3)50-39(56)32(23-26-16-18-27(51)19-17-26)48-38(55)30-14-7-6-13-29(45-35(52)28(44)12-8-10-20-42)36(53)47-31(37(54)46-30)15-9-11-21-43/h6-7,16-19,24-25,28-34,51H,5,8-15,20-23,42-44H2,1-4H3,(H,45,52)(H,46,54)(H,47,53)(H,48,55)(H,49,57)(H,50,56)(H,58,59)/b7-6-/t25-,28+,29+,30+,31+,32+,33+,34+/m1/s1. The van der Waals surface area contributed by atoms with Gasteiger partial charge in [-0.1, -0.05) is 64.8 Å². The fourth-order valence-electron chi connectivity index (χ4n) is 6.41. The lowest BCUT2D eigenvalue weighted by molar-refractivity contribution is -0.143. The first kappa shape index (κ1) is 50.1. The highest BCUT2D eigenvalue weighted by molar-refractivity contribution is 5.97. The normalized spacial score (nSPS) is 20.3. The summed E-state index contributed by atoms with van der Waals surface area (Å²) in [5.74, 6) is -5.70. The SMILES string of the molecule is CC[C@@H](C)[C@H](NC(=O)[C@H](Cc1ccc(O)cc1)NC(=O)[C@@H]1C/C=C\C[C@H](NC(=O)[C@@H](N)CCCCN)C(=O)N[C@@H](CCCCN)C(=O)N1)C(=O)N[C@@H](CC(C)C)C(=O)O. The molecule has 0 bridgehead atoms. The molecule has 59 heavy (non-hydrogen) atoms. The number of amides is 6. The van der Waals surface area contributed by atoms with Gasteiger partial charge in [-0.2, -0.15) is 0 Å². The molecule has 14 N–H and O–H groups in total. The Morgan fingerprint density at radius 1 is 0.814 bits per heavy atom. The molecule has 0 radical (unpaired) electrons. The minimum absolute atomic E-state index is 0.0196. The third kappa shape index (κ3) is 17.8. The van der Waals surface area contributed by atoms with Crippen LogP contribution in [-0.4, -0.2) is 107 Å². The zero-order valence-corrected chi connectivity index (χ0v) is 34.8. The molecule has 1 aromatic rings. The number of benzene rings is 1. The Kier molecular flexibility index (Phi) is 22.2. The minimum atomic E-state index is -1.30. The van der Waals surface area contributed by atoms with Crippen LogP contribution in [0.15, 0.2) is 36.4 Å². The molecule has 0 fully saturated rings. The maximum absolute atomic E-state index is 14.1. The third-order valence-corrected chi connectivity index (χ3v) is 10.2. The van der Waals surface area contributed by atoms with Crippen molar-refractivity contribution in [1.82, 2.24) is 31.9 Å². The molecular formula is C41H67N9O9. The third-order valence-electron chi connectivity index (χ3n) is 10.2. The number of hydrogen-bond donors (Lipinski definition) is 11. The van der Waals surface area contributed by atoms with Crippen LogP contribution in [0.4, 0.5) is 0 Å². The van der Waals surface area contributed by atoms with Crippen LogP contribution < -0.4 is 49.1 Å². The van der Waals surface area contributed by atoms with Crippen LogP contribution >= 0.6 is 0 Å². The van der Waals surface area contributed by atoms with E-state index in [9.17, 15) is 43.8 Å². The van der Waals surface area contributed by atoms with Crippen LogP contribution in [0.2, 0.25) is 0 Å². The first-order valence-electron chi connectivity index (χ1n) is 20.6. The van der Waals surface area contributed by atoms with Crippen molar-refractivity contribution in [2.24, 2.45) is 29.0 Å². The average Bonchev–Trinajstić information content (AvgIpc) is 3.21. The second kappa shape index (κ2) is 26.1. The van der Waals surface area contributed by atoms with E-state index < -0.39 is 89.6 Å². The fraction of sp³-hybridized carbons (Fsp3) is 0.634. The van der Waals surface area contributed by atoms with E-state index in [0.29, 0.717) is 57.2 Å². The van der Waals surface area contributed by atoms with Crippen LogP contribution in [0.1, 0.15) is 97.5 Å². The van der Waals surface area contributed by atoms with Gasteiger partial charge in [-0.3, -0.25) is 28.8 Å². The highest BCUT2D eigenvalue weighted by Crippen LogP contribution is 2.15. The van der Waals surface area contributed by atoms with Crippen molar-refractivity contribution in [3.63, 3.8) is 0 Å². The largest absolute Gasteiger partial charge is 0.508 e. The molecule has 18 heteroatoms. The smallest absolute Gasteiger partial charge is 0.326 e. The van der Waals surface area contributed by atoms with Gasteiger partial charge in [0.15, 0.2) is 0 Å². The predicted molar refractivity (Wildman–Crippen MR) is 222 cm³/mol. The van der Waals surface area contributed by atoms with E-state index in [1.54, 1.807) is 31.2 Å². The van der Waals surface area contributed by atoms with E-state index in [0.717, 1.165) is 0 Å². The summed E-state index contributed by atoms with van der Waals surface area (Å²) in [6, 6.07) is -1.95. The number of carboxylic acid groups (broad SMARTS) is 1. The zero-order chi connectivity index (χ0) is 44.1. The maximum atomic E-state index is 14.1. The van der Waals surface area contributed by atoms with Crippen molar-refractivity contribution < 1.29 is 43.8 Å². The van der Waals surface area contributed by atoms with E-state index in [2.05, 4.69) is 31.9 Å². The Morgan fingerprint density at radius 3 is 2.07 bits per heavy atom. The summed E-state index contributed by atoms with van der Waals surface area (Å²) in [5.41, 5.74) is 17.9. The molecule has 1 aliphatic rings. The molecule has 1 heterocycles. The lowest BCUT2D eigenvalue weighted by atomic mass is 9.96. The summed E-state index contributed by atoms with van der Waals surface area (Å²) in [7, 11) is 0. The number of carboxylic acids is 1. The van der Waals surface area contributed by atoms with E-state index in [-0.39, 0.29) is 43.8 Å². The van der Waals surface area contributed by atoms with E-state index >= 15 is 0 Å².